The zero-order valence-corrected chi connectivity index (χ0v) is 17.2. The Bertz CT molecular complexity index is 1090. The normalized spacial score (nSPS) is 13.0. The van der Waals surface area contributed by atoms with Gasteiger partial charge in [-0.3, -0.25) is 19.3 Å². The molecule has 0 saturated carbocycles. The number of nitrogens with zero attached hydrogens (tertiary/aromatic N) is 2. The van der Waals surface area contributed by atoms with Crippen molar-refractivity contribution < 1.29 is 14.4 Å². The highest BCUT2D eigenvalue weighted by Crippen LogP contribution is 2.25. The van der Waals surface area contributed by atoms with Gasteiger partial charge in [0, 0.05) is 17.5 Å². The number of hydrogen-bond acceptors (Lipinski definition) is 4. The first-order chi connectivity index (χ1) is 13.9. The average molecular weight is 425 g/mol. The lowest BCUT2D eigenvalue weighted by Gasteiger charge is -2.18. The van der Waals surface area contributed by atoms with Crippen molar-refractivity contribution in [2.75, 3.05) is 7.05 Å². The number of halogens is 1. The molecule has 0 bridgehead atoms. The molecule has 3 amide bonds. The summed E-state index contributed by atoms with van der Waals surface area (Å²) in [6.45, 7) is 0.580. The smallest absolute Gasteiger partial charge is 0.261 e. The second-order valence-electron chi connectivity index (χ2n) is 6.81. The standard InChI is InChI=1S/C22H17ClN2O3S/c1-24(13-16-9-10-19(23)29-16)20(26)15-6-4-5-14(11-15)12-25-21(27)17-7-2-3-8-18(17)22(25)28/h2-11H,12-13H2,1H3. The number of fused-ring (bicyclic) bond motifs is 1. The fraction of sp³-hybridized carbons (Fsp3) is 0.136. The first-order valence-corrected chi connectivity index (χ1v) is 10.2. The molecule has 1 aliphatic rings. The number of imide groups is 1. The monoisotopic (exact) mass is 424 g/mol. The Balaban J connectivity index is 1.50. The largest absolute Gasteiger partial charge is 0.337 e. The Morgan fingerprint density at radius 2 is 1.69 bits per heavy atom. The van der Waals surface area contributed by atoms with Gasteiger partial charge >= 0.3 is 0 Å². The lowest BCUT2D eigenvalue weighted by atomic mass is 10.1. The van der Waals surface area contributed by atoms with Crippen molar-refractivity contribution in [3.05, 3.63) is 92.1 Å². The minimum Gasteiger partial charge on any atom is -0.337 e. The molecular weight excluding hydrogens is 408 g/mol. The Kier molecular flexibility index (Phi) is 5.22. The molecule has 0 fully saturated rings. The van der Waals surface area contributed by atoms with E-state index < -0.39 is 0 Å². The molecule has 0 aliphatic carbocycles. The van der Waals surface area contributed by atoms with Gasteiger partial charge in [0.25, 0.3) is 17.7 Å². The molecule has 2 heterocycles. The Morgan fingerprint density at radius 3 is 2.31 bits per heavy atom. The summed E-state index contributed by atoms with van der Waals surface area (Å²) in [7, 11) is 1.73. The number of amides is 3. The van der Waals surface area contributed by atoms with Gasteiger partial charge in [-0.2, -0.15) is 0 Å². The van der Waals surface area contributed by atoms with Crippen LogP contribution in [0.25, 0.3) is 0 Å². The number of rotatable bonds is 5. The second kappa shape index (κ2) is 7.81. The summed E-state index contributed by atoms with van der Waals surface area (Å²) < 4.78 is 0.684. The predicted octanol–water partition coefficient (Wildman–Crippen LogP) is 4.47. The van der Waals surface area contributed by atoms with E-state index in [9.17, 15) is 14.4 Å². The average Bonchev–Trinajstić information content (AvgIpc) is 3.24. The number of thiophene rings is 1. The number of carbonyl (C=O) groups excluding carboxylic acids is 3. The zero-order chi connectivity index (χ0) is 20.5. The van der Waals surface area contributed by atoms with Crippen LogP contribution in [0.4, 0.5) is 0 Å². The molecule has 29 heavy (non-hydrogen) atoms. The van der Waals surface area contributed by atoms with Gasteiger partial charge in [-0.25, -0.2) is 0 Å². The van der Waals surface area contributed by atoms with E-state index in [2.05, 4.69) is 0 Å². The fourth-order valence-corrected chi connectivity index (χ4v) is 4.47. The highest BCUT2D eigenvalue weighted by molar-refractivity contribution is 7.16. The SMILES string of the molecule is CN(Cc1ccc(Cl)s1)C(=O)c1cccc(CN2C(=O)c3ccccc3C2=O)c1. The van der Waals surface area contributed by atoms with Gasteiger partial charge in [-0.05, 0) is 42.0 Å². The van der Waals surface area contributed by atoms with Crippen LogP contribution in [0, 0.1) is 0 Å². The molecule has 7 heteroatoms. The van der Waals surface area contributed by atoms with Crippen molar-refractivity contribution in [1.82, 2.24) is 9.80 Å². The zero-order valence-electron chi connectivity index (χ0n) is 15.6. The summed E-state index contributed by atoms with van der Waals surface area (Å²) in [5.74, 6) is -0.762. The van der Waals surface area contributed by atoms with E-state index >= 15 is 0 Å². The van der Waals surface area contributed by atoms with Gasteiger partial charge in [0.15, 0.2) is 0 Å². The van der Waals surface area contributed by atoms with Crippen LogP contribution in [0.15, 0.2) is 60.7 Å². The summed E-state index contributed by atoms with van der Waals surface area (Å²) in [4.78, 5) is 41.8. The summed E-state index contributed by atoms with van der Waals surface area (Å²) in [6, 6.07) is 17.5. The van der Waals surface area contributed by atoms with Crippen LogP contribution in [0.5, 0.6) is 0 Å². The van der Waals surface area contributed by atoms with Crippen molar-refractivity contribution in [1.29, 1.82) is 0 Å². The predicted molar refractivity (Wildman–Crippen MR) is 112 cm³/mol. The molecule has 5 nitrogen and oxygen atoms in total. The van der Waals surface area contributed by atoms with Crippen molar-refractivity contribution in [3.63, 3.8) is 0 Å². The summed E-state index contributed by atoms with van der Waals surface area (Å²) >= 11 is 7.39. The van der Waals surface area contributed by atoms with E-state index in [1.807, 2.05) is 12.1 Å². The molecule has 4 rings (SSSR count). The Hall–Kier alpha value is -2.96. The summed E-state index contributed by atoms with van der Waals surface area (Å²) in [5.41, 5.74) is 2.06. The number of hydrogen-bond donors (Lipinski definition) is 0. The third-order valence-electron chi connectivity index (χ3n) is 4.76. The maximum Gasteiger partial charge on any atom is 0.261 e. The van der Waals surface area contributed by atoms with Crippen LogP contribution >= 0.6 is 22.9 Å². The molecule has 0 spiro atoms. The van der Waals surface area contributed by atoms with E-state index in [0.717, 1.165) is 10.4 Å². The molecule has 3 aromatic rings. The lowest BCUT2D eigenvalue weighted by Crippen LogP contribution is -2.29. The van der Waals surface area contributed by atoms with Gasteiger partial charge in [0.1, 0.15) is 0 Å². The topological polar surface area (TPSA) is 57.7 Å². The van der Waals surface area contributed by atoms with Crippen molar-refractivity contribution in [3.8, 4) is 0 Å². The number of benzene rings is 2. The van der Waals surface area contributed by atoms with Crippen LogP contribution in [0.3, 0.4) is 0 Å². The van der Waals surface area contributed by atoms with E-state index in [0.29, 0.717) is 27.6 Å². The minimum atomic E-state index is -0.311. The molecule has 0 atom stereocenters. The van der Waals surface area contributed by atoms with Crippen molar-refractivity contribution in [2.24, 2.45) is 0 Å². The van der Waals surface area contributed by atoms with E-state index in [1.165, 1.54) is 16.2 Å². The molecular formula is C22H17ClN2O3S. The quantitative estimate of drug-likeness (QED) is 0.568. The molecule has 0 radical (unpaired) electrons. The maximum atomic E-state index is 12.8. The molecule has 2 aromatic carbocycles. The van der Waals surface area contributed by atoms with Crippen LogP contribution in [-0.2, 0) is 13.1 Å². The van der Waals surface area contributed by atoms with Crippen molar-refractivity contribution >= 4 is 40.7 Å². The Morgan fingerprint density at radius 1 is 1.00 bits per heavy atom. The molecule has 1 aliphatic heterocycles. The second-order valence-corrected chi connectivity index (χ2v) is 8.61. The molecule has 0 saturated heterocycles. The molecule has 1 aromatic heterocycles. The molecule has 146 valence electrons. The van der Waals surface area contributed by atoms with Crippen LogP contribution in [0.1, 0.15) is 41.5 Å². The maximum absolute atomic E-state index is 12.8. The van der Waals surface area contributed by atoms with Gasteiger partial charge in [-0.15, -0.1) is 11.3 Å². The third kappa shape index (κ3) is 3.81. The third-order valence-corrected chi connectivity index (χ3v) is 5.98. The lowest BCUT2D eigenvalue weighted by molar-refractivity contribution is 0.0642. The highest BCUT2D eigenvalue weighted by Gasteiger charge is 2.35. The molecule has 0 unspecified atom stereocenters. The van der Waals surface area contributed by atoms with Gasteiger partial charge < -0.3 is 4.90 Å². The Labute approximate surface area is 177 Å². The van der Waals surface area contributed by atoms with Gasteiger partial charge in [-0.1, -0.05) is 35.9 Å². The highest BCUT2D eigenvalue weighted by atomic mass is 35.5. The number of carbonyl (C=O) groups is 3. The van der Waals surface area contributed by atoms with Crippen LogP contribution in [-0.4, -0.2) is 34.6 Å². The van der Waals surface area contributed by atoms with E-state index in [4.69, 9.17) is 11.6 Å². The van der Waals surface area contributed by atoms with Crippen LogP contribution < -0.4 is 0 Å². The van der Waals surface area contributed by atoms with Crippen molar-refractivity contribution in [2.45, 2.75) is 13.1 Å². The van der Waals surface area contributed by atoms with Gasteiger partial charge in [0.2, 0.25) is 0 Å². The van der Waals surface area contributed by atoms with Gasteiger partial charge in [0.05, 0.1) is 28.6 Å². The summed E-state index contributed by atoms with van der Waals surface area (Å²) in [5, 5.41) is 0. The first-order valence-electron chi connectivity index (χ1n) is 8.98. The van der Waals surface area contributed by atoms with E-state index in [1.54, 1.807) is 60.5 Å². The molecule has 0 N–H and O–H groups in total. The minimum absolute atomic E-state index is 0.123. The van der Waals surface area contributed by atoms with E-state index in [-0.39, 0.29) is 24.3 Å². The van der Waals surface area contributed by atoms with Crippen LogP contribution in [0.2, 0.25) is 4.34 Å². The summed E-state index contributed by atoms with van der Waals surface area (Å²) in [6.07, 6.45) is 0. The first kappa shape index (κ1) is 19.4. The fourth-order valence-electron chi connectivity index (χ4n) is 3.33.